The van der Waals surface area contributed by atoms with E-state index in [1.165, 1.54) is 0 Å². The zero-order chi connectivity index (χ0) is 22.6. The summed E-state index contributed by atoms with van der Waals surface area (Å²) in [6, 6.07) is 0. The highest BCUT2D eigenvalue weighted by Crippen LogP contribution is 2.10. The third kappa shape index (κ3) is 17.7. The topological polar surface area (TPSA) is 74.0 Å². The van der Waals surface area contributed by atoms with E-state index in [1.807, 2.05) is 0 Å². The number of epoxide rings is 1. The Labute approximate surface area is 189 Å². The van der Waals surface area contributed by atoms with Gasteiger partial charge >= 0.3 is 0 Å². The second kappa shape index (κ2) is 19.1. The Kier molecular flexibility index (Phi) is 16.8. The normalized spacial score (nSPS) is 15.8. The predicted octanol–water partition coefficient (Wildman–Crippen LogP) is 3.97. The van der Waals surface area contributed by atoms with Crippen LogP contribution in [0.15, 0.2) is 24.3 Å². The van der Waals surface area contributed by atoms with E-state index in [4.69, 9.17) is 4.74 Å². The summed E-state index contributed by atoms with van der Waals surface area (Å²) in [6.07, 6.45) is 18.5. The molecule has 2 amide bonds. The number of rotatable bonds is 20. The van der Waals surface area contributed by atoms with Gasteiger partial charge < -0.3 is 15.4 Å². The summed E-state index contributed by atoms with van der Waals surface area (Å²) in [4.78, 5) is 26.3. The van der Waals surface area contributed by atoms with Gasteiger partial charge in [0.05, 0.1) is 12.7 Å². The molecule has 1 heterocycles. The zero-order valence-electron chi connectivity index (χ0n) is 19.9. The molecule has 31 heavy (non-hydrogen) atoms. The van der Waals surface area contributed by atoms with Crippen molar-refractivity contribution in [1.29, 1.82) is 0 Å². The molecule has 178 valence electrons. The van der Waals surface area contributed by atoms with Crippen LogP contribution in [-0.4, -0.2) is 62.1 Å². The molecule has 1 aliphatic heterocycles. The number of carbonyl (C=O) groups excluding carboxylic acids is 2. The number of hydrogen-bond acceptors (Lipinski definition) is 4. The Balaban J connectivity index is 2.10. The molecule has 0 bridgehead atoms. The molecule has 1 unspecified atom stereocenters. The first-order chi connectivity index (χ1) is 15.2. The summed E-state index contributed by atoms with van der Waals surface area (Å²) in [5, 5.41) is 6.05. The molecule has 0 radical (unpaired) electrons. The fourth-order valence-electron chi connectivity index (χ4n) is 3.30. The number of nitrogens with one attached hydrogen (secondary N) is 2. The Morgan fingerprint density at radius 2 is 1.32 bits per heavy atom. The van der Waals surface area contributed by atoms with E-state index in [-0.39, 0.29) is 11.8 Å². The van der Waals surface area contributed by atoms with Crippen LogP contribution in [0.25, 0.3) is 0 Å². The minimum atomic E-state index is 0.129. The van der Waals surface area contributed by atoms with E-state index < -0.39 is 0 Å². The average Bonchev–Trinajstić information content (AvgIpc) is 3.57. The molecule has 0 aliphatic carbocycles. The second-order valence-corrected chi connectivity index (χ2v) is 8.21. The predicted molar refractivity (Wildman–Crippen MR) is 128 cm³/mol. The van der Waals surface area contributed by atoms with Crippen LogP contribution < -0.4 is 10.6 Å². The molecule has 1 atom stereocenters. The monoisotopic (exact) mass is 435 g/mol. The first-order valence-corrected chi connectivity index (χ1v) is 12.3. The lowest BCUT2D eigenvalue weighted by Gasteiger charge is -2.21. The number of nitrogens with zero attached hydrogens (tertiary/aromatic N) is 1. The SMILES string of the molecule is CC/C=C/CCCCC(=O)NCCN(CCNC(=O)CCCC/C=C/CC)CC1CO1. The van der Waals surface area contributed by atoms with Gasteiger partial charge in [-0.15, -0.1) is 0 Å². The van der Waals surface area contributed by atoms with Gasteiger partial charge in [-0.25, -0.2) is 0 Å². The van der Waals surface area contributed by atoms with Crippen LogP contribution in [0, 0.1) is 0 Å². The lowest BCUT2D eigenvalue weighted by Crippen LogP contribution is -2.41. The van der Waals surface area contributed by atoms with Crippen LogP contribution in [0.3, 0.4) is 0 Å². The van der Waals surface area contributed by atoms with Gasteiger partial charge in [-0.3, -0.25) is 14.5 Å². The highest BCUT2D eigenvalue weighted by molar-refractivity contribution is 5.76. The molecule has 0 aromatic rings. The van der Waals surface area contributed by atoms with E-state index in [9.17, 15) is 9.59 Å². The molecule has 0 spiro atoms. The Hall–Kier alpha value is -1.66. The van der Waals surface area contributed by atoms with Crippen molar-refractivity contribution in [3.05, 3.63) is 24.3 Å². The van der Waals surface area contributed by atoms with Gasteiger partial charge in [0, 0.05) is 45.6 Å². The Morgan fingerprint density at radius 3 is 1.74 bits per heavy atom. The third-order valence-corrected chi connectivity index (χ3v) is 5.22. The average molecular weight is 436 g/mol. The molecule has 0 aromatic carbocycles. The molecule has 1 rings (SSSR count). The van der Waals surface area contributed by atoms with Crippen molar-refractivity contribution in [2.24, 2.45) is 0 Å². The summed E-state index contributed by atoms with van der Waals surface area (Å²) in [7, 11) is 0. The van der Waals surface area contributed by atoms with Crippen molar-refractivity contribution in [2.45, 2.75) is 84.2 Å². The van der Waals surface area contributed by atoms with Crippen LogP contribution in [0.1, 0.15) is 78.1 Å². The van der Waals surface area contributed by atoms with Crippen molar-refractivity contribution in [1.82, 2.24) is 15.5 Å². The molecule has 2 N–H and O–H groups in total. The molecule has 6 nitrogen and oxygen atoms in total. The Bertz CT molecular complexity index is 490. The fourth-order valence-corrected chi connectivity index (χ4v) is 3.30. The highest BCUT2D eigenvalue weighted by atomic mass is 16.6. The van der Waals surface area contributed by atoms with Crippen molar-refractivity contribution >= 4 is 11.8 Å². The number of amides is 2. The highest BCUT2D eigenvalue weighted by Gasteiger charge is 2.25. The number of carbonyl (C=O) groups is 2. The summed E-state index contributed by atoms with van der Waals surface area (Å²) < 4.78 is 5.35. The van der Waals surface area contributed by atoms with E-state index in [0.29, 0.717) is 32.0 Å². The van der Waals surface area contributed by atoms with Crippen molar-refractivity contribution in [3.8, 4) is 0 Å². The number of hydrogen-bond donors (Lipinski definition) is 2. The Morgan fingerprint density at radius 1 is 0.839 bits per heavy atom. The molecule has 1 fully saturated rings. The zero-order valence-corrected chi connectivity index (χ0v) is 19.9. The van der Waals surface area contributed by atoms with Gasteiger partial charge in [-0.1, -0.05) is 38.2 Å². The van der Waals surface area contributed by atoms with E-state index >= 15 is 0 Å². The molecular formula is C25H45N3O3. The maximum atomic E-state index is 12.0. The molecule has 1 aliphatic rings. The molecule has 1 saturated heterocycles. The third-order valence-electron chi connectivity index (χ3n) is 5.22. The van der Waals surface area contributed by atoms with Gasteiger partial charge in [0.15, 0.2) is 0 Å². The quantitative estimate of drug-likeness (QED) is 0.172. The van der Waals surface area contributed by atoms with Crippen molar-refractivity contribution < 1.29 is 14.3 Å². The van der Waals surface area contributed by atoms with Gasteiger partial charge in [-0.05, 0) is 51.4 Å². The van der Waals surface area contributed by atoms with Crippen LogP contribution in [0.2, 0.25) is 0 Å². The minimum absolute atomic E-state index is 0.129. The van der Waals surface area contributed by atoms with Crippen LogP contribution >= 0.6 is 0 Å². The molecule has 0 saturated carbocycles. The summed E-state index contributed by atoms with van der Waals surface area (Å²) in [5.74, 6) is 0.258. The van der Waals surface area contributed by atoms with Crippen molar-refractivity contribution in [2.75, 3.05) is 39.3 Å². The van der Waals surface area contributed by atoms with Crippen molar-refractivity contribution in [3.63, 3.8) is 0 Å². The van der Waals surface area contributed by atoms with E-state index in [0.717, 1.165) is 77.6 Å². The molecule has 0 aromatic heterocycles. The van der Waals surface area contributed by atoms with Crippen LogP contribution in [-0.2, 0) is 14.3 Å². The maximum absolute atomic E-state index is 12.0. The fraction of sp³-hybridized carbons (Fsp3) is 0.760. The van der Waals surface area contributed by atoms with Crippen LogP contribution in [0.5, 0.6) is 0 Å². The minimum Gasteiger partial charge on any atom is -0.372 e. The lowest BCUT2D eigenvalue weighted by atomic mass is 10.1. The van der Waals surface area contributed by atoms with E-state index in [2.05, 4.69) is 53.7 Å². The number of unbranched alkanes of at least 4 members (excludes halogenated alkanes) is 4. The van der Waals surface area contributed by atoms with Gasteiger partial charge in [0.1, 0.15) is 0 Å². The largest absolute Gasteiger partial charge is 0.372 e. The molecule has 6 heteroatoms. The van der Waals surface area contributed by atoms with Gasteiger partial charge in [0.2, 0.25) is 11.8 Å². The standard InChI is InChI=1S/C25H45N3O3/c1-3-5-7-9-11-13-15-24(29)26-17-19-28(21-23-22-31-23)20-18-27-25(30)16-14-12-10-8-6-4-2/h5-8,23H,3-4,9-22H2,1-2H3,(H,26,29)(H,27,30)/b7-5+,8-6+. The van der Waals surface area contributed by atoms with Gasteiger partial charge in [0.25, 0.3) is 0 Å². The maximum Gasteiger partial charge on any atom is 0.220 e. The number of ether oxygens (including phenoxy) is 1. The number of allylic oxidation sites excluding steroid dienone is 4. The summed E-state index contributed by atoms with van der Waals surface area (Å²) in [5.41, 5.74) is 0. The lowest BCUT2D eigenvalue weighted by molar-refractivity contribution is -0.121. The smallest absolute Gasteiger partial charge is 0.220 e. The van der Waals surface area contributed by atoms with Crippen LogP contribution in [0.4, 0.5) is 0 Å². The first kappa shape index (κ1) is 27.4. The second-order valence-electron chi connectivity index (χ2n) is 8.21. The summed E-state index contributed by atoms with van der Waals surface area (Å²) in [6.45, 7) is 8.78. The molecular weight excluding hydrogens is 390 g/mol. The summed E-state index contributed by atoms with van der Waals surface area (Å²) >= 11 is 0. The van der Waals surface area contributed by atoms with Gasteiger partial charge in [-0.2, -0.15) is 0 Å². The van der Waals surface area contributed by atoms with E-state index in [1.54, 1.807) is 0 Å². The first-order valence-electron chi connectivity index (χ1n) is 12.3.